The van der Waals surface area contributed by atoms with Gasteiger partial charge in [0.15, 0.2) is 0 Å². The van der Waals surface area contributed by atoms with Crippen LogP contribution in [0.2, 0.25) is 15.1 Å². The molecule has 0 aliphatic carbocycles. The highest BCUT2D eigenvalue weighted by Crippen LogP contribution is 2.34. The lowest BCUT2D eigenvalue weighted by Crippen LogP contribution is -2.03. The van der Waals surface area contributed by atoms with Crippen molar-refractivity contribution in [3.05, 3.63) is 50.4 Å². The molecule has 0 unspecified atom stereocenters. The first-order valence-corrected chi connectivity index (χ1v) is 7.14. The summed E-state index contributed by atoms with van der Waals surface area (Å²) in [5.41, 5.74) is 0.970. The van der Waals surface area contributed by atoms with Crippen LogP contribution in [-0.4, -0.2) is 7.05 Å². The lowest BCUT2D eigenvalue weighted by Gasteiger charge is -2.08. The number of aryl methyl sites for hydroxylation is 1. The molecule has 20 heavy (non-hydrogen) atoms. The molecular weight excluding hydrogens is 321 g/mol. The summed E-state index contributed by atoms with van der Waals surface area (Å²) in [6.45, 7) is 2.93. The van der Waals surface area contributed by atoms with E-state index in [9.17, 15) is 0 Å². The Hall–Kier alpha value is -0.870. The van der Waals surface area contributed by atoms with E-state index < -0.39 is 0 Å². The summed E-state index contributed by atoms with van der Waals surface area (Å²) in [6.07, 6.45) is 0. The van der Waals surface area contributed by atoms with Crippen molar-refractivity contribution in [3.8, 4) is 5.75 Å². The molecule has 1 aromatic carbocycles. The van der Waals surface area contributed by atoms with E-state index >= 15 is 0 Å². The average molecular weight is 335 g/mol. The molecular formula is C14H14Cl3NO2. The van der Waals surface area contributed by atoms with Crippen LogP contribution in [0.15, 0.2) is 22.6 Å². The summed E-state index contributed by atoms with van der Waals surface area (Å²) in [5, 5.41) is 4.27. The SMILES string of the molecule is CNCc1cc(COc2cc(Cl)c(Cl)cc2Cl)c(C)o1. The second-order valence-electron chi connectivity index (χ2n) is 4.31. The molecule has 6 heteroatoms. The molecule has 0 radical (unpaired) electrons. The van der Waals surface area contributed by atoms with Crippen molar-refractivity contribution in [3.63, 3.8) is 0 Å². The maximum Gasteiger partial charge on any atom is 0.139 e. The fourth-order valence-electron chi connectivity index (χ4n) is 1.76. The van der Waals surface area contributed by atoms with Gasteiger partial charge < -0.3 is 14.5 Å². The van der Waals surface area contributed by atoms with Gasteiger partial charge in [-0.1, -0.05) is 34.8 Å². The third-order valence-electron chi connectivity index (χ3n) is 2.78. The lowest BCUT2D eigenvalue weighted by atomic mass is 10.2. The molecule has 108 valence electrons. The summed E-state index contributed by atoms with van der Waals surface area (Å²) < 4.78 is 11.3. The summed E-state index contributed by atoms with van der Waals surface area (Å²) in [5.74, 6) is 2.19. The molecule has 2 rings (SSSR count). The number of nitrogens with one attached hydrogen (secondary N) is 1. The van der Waals surface area contributed by atoms with Gasteiger partial charge in [-0.2, -0.15) is 0 Å². The summed E-state index contributed by atoms with van der Waals surface area (Å²) in [4.78, 5) is 0. The molecule has 0 bridgehead atoms. The highest BCUT2D eigenvalue weighted by molar-refractivity contribution is 6.43. The zero-order valence-corrected chi connectivity index (χ0v) is 13.4. The van der Waals surface area contributed by atoms with E-state index in [1.807, 2.05) is 20.0 Å². The zero-order chi connectivity index (χ0) is 14.7. The zero-order valence-electron chi connectivity index (χ0n) is 11.1. The van der Waals surface area contributed by atoms with Gasteiger partial charge in [0.1, 0.15) is 23.9 Å². The molecule has 1 aromatic heterocycles. The first-order valence-electron chi connectivity index (χ1n) is 6.01. The van der Waals surface area contributed by atoms with Crippen LogP contribution >= 0.6 is 34.8 Å². The Labute approximate surface area is 132 Å². The summed E-state index contributed by atoms with van der Waals surface area (Å²) in [7, 11) is 1.86. The van der Waals surface area contributed by atoms with E-state index in [0.29, 0.717) is 34.0 Å². The predicted molar refractivity (Wildman–Crippen MR) is 82.0 cm³/mol. The molecule has 0 aliphatic heterocycles. The van der Waals surface area contributed by atoms with Crippen molar-refractivity contribution < 1.29 is 9.15 Å². The predicted octanol–water partition coefficient (Wildman–Crippen LogP) is 4.85. The van der Waals surface area contributed by atoms with E-state index in [4.69, 9.17) is 44.0 Å². The molecule has 0 spiro atoms. The topological polar surface area (TPSA) is 34.4 Å². The van der Waals surface area contributed by atoms with Crippen molar-refractivity contribution in [1.82, 2.24) is 5.32 Å². The van der Waals surface area contributed by atoms with Gasteiger partial charge in [-0.15, -0.1) is 0 Å². The van der Waals surface area contributed by atoms with Crippen molar-refractivity contribution >= 4 is 34.8 Å². The maximum atomic E-state index is 6.06. The number of ether oxygens (including phenoxy) is 1. The Kier molecular flexibility index (Phi) is 5.22. The number of rotatable bonds is 5. The Bertz CT molecular complexity index is 611. The number of hydrogen-bond acceptors (Lipinski definition) is 3. The standard InChI is InChI=1S/C14H14Cl3NO2/c1-8-9(3-10(20-8)6-18-2)7-19-14-5-12(16)11(15)4-13(14)17/h3-5,18H,6-7H2,1-2H3. The van der Waals surface area contributed by atoms with E-state index in [0.717, 1.165) is 17.1 Å². The Balaban J connectivity index is 2.10. The fourth-order valence-corrected chi connectivity index (χ4v) is 2.35. The summed E-state index contributed by atoms with van der Waals surface area (Å²) >= 11 is 17.9. The largest absolute Gasteiger partial charge is 0.487 e. The third-order valence-corrected chi connectivity index (χ3v) is 3.80. The molecule has 1 heterocycles. The molecule has 2 aromatic rings. The molecule has 0 saturated heterocycles. The number of halogens is 3. The quantitative estimate of drug-likeness (QED) is 0.794. The monoisotopic (exact) mass is 333 g/mol. The maximum absolute atomic E-state index is 6.06. The van der Waals surface area contributed by atoms with Crippen LogP contribution in [0.4, 0.5) is 0 Å². The highest BCUT2D eigenvalue weighted by Gasteiger charge is 2.11. The van der Waals surface area contributed by atoms with Crippen LogP contribution in [-0.2, 0) is 13.2 Å². The van der Waals surface area contributed by atoms with Gasteiger partial charge in [0.25, 0.3) is 0 Å². The van der Waals surface area contributed by atoms with Crippen LogP contribution in [0.1, 0.15) is 17.1 Å². The van der Waals surface area contributed by atoms with Gasteiger partial charge in [-0.3, -0.25) is 0 Å². The number of benzene rings is 1. The van der Waals surface area contributed by atoms with Gasteiger partial charge >= 0.3 is 0 Å². The van der Waals surface area contributed by atoms with Gasteiger partial charge in [0, 0.05) is 11.6 Å². The molecule has 0 atom stereocenters. The normalized spacial score (nSPS) is 10.8. The smallest absolute Gasteiger partial charge is 0.139 e. The van der Waals surface area contributed by atoms with Gasteiger partial charge in [-0.05, 0) is 26.1 Å². The molecule has 0 fully saturated rings. The number of furan rings is 1. The molecule has 0 saturated carbocycles. The van der Waals surface area contributed by atoms with Crippen LogP contribution < -0.4 is 10.1 Å². The van der Waals surface area contributed by atoms with E-state index in [1.165, 1.54) is 0 Å². The molecule has 0 aliphatic rings. The Morgan fingerprint density at radius 1 is 1.10 bits per heavy atom. The van der Waals surface area contributed by atoms with Crippen LogP contribution in [0, 0.1) is 6.92 Å². The van der Waals surface area contributed by atoms with E-state index in [1.54, 1.807) is 12.1 Å². The highest BCUT2D eigenvalue weighted by atomic mass is 35.5. The van der Waals surface area contributed by atoms with E-state index in [-0.39, 0.29) is 0 Å². The number of hydrogen-bond donors (Lipinski definition) is 1. The molecule has 1 N–H and O–H groups in total. The minimum Gasteiger partial charge on any atom is -0.487 e. The van der Waals surface area contributed by atoms with Crippen LogP contribution in [0.3, 0.4) is 0 Å². The van der Waals surface area contributed by atoms with Crippen LogP contribution in [0.5, 0.6) is 5.75 Å². The lowest BCUT2D eigenvalue weighted by molar-refractivity contribution is 0.303. The first kappa shape index (κ1) is 15.5. The fraction of sp³-hybridized carbons (Fsp3) is 0.286. The van der Waals surface area contributed by atoms with Crippen molar-refractivity contribution in [2.24, 2.45) is 0 Å². The van der Waals surface area contributed by atoms with Crippen molar-refractivity contribution in [2.75, 3.05) is 7.05 Å². The van der Waals surface area contributed by atoms with Crippen LogP contribution in [0.25, 0.3) is 0 Å². The Morgan fingerprint density at radius 2 is 1.80 bits per heavy atom. The van der Waals surface area contributed by atoms with E-state index in [2.05, 4.69) is 5.32 Å². The summed E-state index contributed by atoms with van der Waals surface area (Å²) in [6, 6.07) is 5.13. The second-order valence-corrected chi connectivity index (χ2v) is 5.53. The first-order chi connectivity index (χ1) is 9.51. The molecule has 0 amide bonds. The van der Waals surface area contributed by atoms with Crippen molar-refractivity contribution in [1.29, 1.82) is 0 Å². The Morgan fingerprint density at radius 3 is 2.50 bits per heavy atom. The second kappa shape index (κ2) is 6.72. The minimum absolute atomic E-state index is 0.358. The molecule has 3 nitrogen and oxygen atoms in total. The van der Waals surface area contributed by atoms with Gasteiger partial charge in [0.2, 0.25) is 0 Å². The van der Waals surface area contributed by atoms with Crippen molar-refractivity contribution in [2.45, 2.75) is 20.1 Å². The third kappa shape index (κ3) is 3.61. The minimum atomic E-state index is 0.358. The van der Waals surface area contributed by atoms with Gasteiger partial charge in [-0.25, -0.2) is 0 Å². The van der Waals surface area contributed by atoms with Gasteiger partial charge in [0.05, 0.1) is 21.6 Å². The average Bonchev–Trinajstić information content (AvgIpc) is 2.73.